The van der Waals surface area contributed by atoms with Crippen molar-refractivity contribution in [2.24, 2.45) is 0 Å². The Kier molecular flexibility index (Phi) is 6.66. The number of rotatable bonds is 7. The number of ether oxygens (including phenoxy) is 2. The van der Waals surface area contributed by atoms with E-state index in [1.807, 2.05) is 36.4 Å². The molecule has 0 saturated carbocycles. The Balaban J connectivity index is 1.67. The van der Waals surface area contributed by atoms with Crippen LogP contribution in [0.25, 0.3) is 11.4 Å². The number of carbonyl (C=O) groups excluding carboxylic acids is 2. The zero-order chi connectivity index (χ0) is 26.8. The van der Waals surface area contributed by atoms with E-state index in [1.54, 1.807) is 48.3 Å². The Bertz CT molecular complexity index is 1530. The van der Waals surface area contributed by atoms with Crippen molar-refractivity contribution >= 4 is 17.4 Å². The van der Waals surface area contributed by atoms with Crippen LogP contribution in [0.4, 0.5) is 0 Å². The fourth-order valence-electron chi connectivity index (χ4n) is 4.72. The van der Waals surface area contributed by atoms with Gasteiger partial charge in [-0.15, -0.1) is 0 Å². The molecule has 2 aromatic heterocycles. The van der Waals surface area contributed by atoms with E-state index in [9.17, 15) is 14.7 Å². The van der Waals surface area contributed by atoms with Crippen LogP contribution < -0.4 is 9.47 Å². The lowest BCUT2D eigenvalue weighted by atomic mass is 9.95. The van der Waals surface area contributed by atoms with Crippen LogP contribution in [0.15, 0.2) is 84.8 Å². The molecule has 4 aromatic rings. The number of aromatic nitrogens is 3. The van der Waals surface area contributed by atoms with Gasteiger partial charge in [0.25, 0.3) is 11.7 Å². The molecule has 0 aliphatic carbocycles. The Morgan fingerprint density at radius 3 is 2.42 bits per heavy atom. The number of amides is 1. The Morgan fingerprint density at radius 1 is 0.974 bits per heavy atom. The maximum absolute atomic E-state index is 13.5. The Morgan fingerprint density at radius 2 is 1.74 bits per heavy atom. The van der Waals surface area contributed by atoms with Crippen molar-refractivity contribution in [3.05, 3.63) is 107 Å². The molecule has 9 nitrogen and oxygen atoms in total. The number of hydrogen-bond acceptors (Lipinski definition) is 7. The fourth-order valence-corrected chi connectivity index (χ4v) is 4.72. The van der Waals surface area contributed by atoms with Crippen LogP contribution in [0, 0.1) is 6.92 Å². The second-order valence-electron chi connectivity index (χ2n) is 8.79. The minimum Gasteiger partial charge on any atom is -0.507 e. The van der Waals surface area contributed by atoms with Crippen LogP contribution >= 0.6 is 0 Å². The molecule has 3 heterocycles. The lowest BCUT2D eigenvalue weighted by Gasteiger charge is -2.26. The number of hydrogen-bond donors (Lipinski definition) is 1. The molecule has 1 N–H and O–H groups in total. The van der Waals surface area contributed by atoms with Gasteiger partial charge in [-0.2, -0.15) is 5.10 Å². The summed E-state index contributed by atoms with van der Waals surface area (Å²) in [7, 11) is 3.04. The number of aliphatic hydroxyl groups is 1. The molecule has 1 unspecified atom stereocenters. The zero-order valence-corrected chi connectivity index (χ0v) is 21.2. The van der Waals surface area contributed by atoms with Crippen molar-refractivity contribution in [1.29, 1.82) is 0 Å². The molecule has 1 atom stereocenters. The van der Waals surface area contributed by atoms with Gasteiger partial charge in [0.1, 0.15) is 5.76 Å². The molecule has 1 aliphatic rings. The predicted octanol–water partition coefficient (Wildman–Crippen LogP) is 4.21. The molecule has 0 radical (unpaired) electrons. The molecule has 0 bridgehead atoms. The van der Waals surface area contributed by atoms with Crippen molar-refractivity contribution in [2.75, 3.05) is 14.2 Å². The smallest absolute Gasteiger partial charge is 0.295 e. The lowest BCUT2D eigenvalue weighted by Crippen LogP contribution is -2.29. The highest BCUT2D eigenvalue weighted by Crippen LogP contribution is 2.43. The van der Waals surface area contributed by atoms with Crippen molar-refractivity contribution < 1.29 is 24.2 Å². The number of benzene rings is 2. The normalized spacial score (nSPS) is 16.6. The summed E-state index contributed by atoms with van der Waals surface area (Å²) in [5, 5.41) is 16.0. The van der Waals surface area contributed by atoms with Crippen LogP contribution in [0.5, 0.6) is 11.5 Å². The molecular formula is C29H26N4O5. The van der Waals surface area contributed by atoms with Gasteiger partial charge < -0.3 is 19.5 Å². The molecule has 9 heteroatoms. The van der Waals surface area contributed by atoms with Gasteiger partial charge in [-0.1, -0.05) is 30.3 Å². The van der Waals surface area contributed by atoms with Crippen molar-refractivity contribution in [1.82, 2.24) is 19.7 Å². The number of aliphatic hydroxyl groups excluding tert-OH is 1. The number of pyridine rings is 1. The molecule has 192 valence electrons. The molecule has 1 amide bonds. The summed E-state index contributed by atoms with van der Waals surface area (Å²) in [6, 6.07) is 17.3. The quantitative estimate of drug-likeness (QED) is 0.225. The highest BCUT2D eigenvalue weighted by molar-refractivity contribution is 6.46. The predicted molar refractivity (Wildman–Crippen MR) is 140 cm³/mol. The van der Waals surface area contributed by atoms with Gasteiger partial charge in [0.15, 0.2) is 11.5 Å². The van der Waals surface area contributed by atoms with Gasteiger partial charge in [0, 0.05) is 18.9 Å². The van der Waals surface area contributed by atoms with Gasteiger partial charge in [0.05, 0.1) is 49.0 Å². The average molecular weight is 511 g/mol. The maximum Gasteiger partial charge on any atom is 0.295 e. The topological polar surface area (TPSA) is 107 Å². The Hall–Kier alpha value is -4.92. The number of ketones is 1. The molecule has 1 fully saturated rings. The Labute approximate surface area is 219 Å². The standard InChI is InChI=1S/C29H26N4O5/c1-18-22(16-31-33(18)21-9-5-4-6-10-21)27(34)25-26(20-11-12-23(37-2)24(14-20)38-3)32(29(36)28(25)35)17-19-8-7-13-30-15-19/h4-16,26,34H,17H2,1-3H3/b27-25+. The maximum atomic E-state index is 13.5. The van der Waals surface area contributed by atoms with Gasteiger partial charge in [-0.3, -0.25) is 14.6 Å². The molecular weight excluding hydrogens is 484 g/mol. The van der Waals surface area contributed by atoms with E-state index >= 15 is 0 Å². The summed E-state index contributed by atoms with van der Waals surface area (Å²) < 4.78 is 12.5. The third kappa shape index (κ3) is 4.28. The van der Waals surface area contributed by atoms with Crippen LogP contribution in [0.3, 0.4) is 0 Å². The lowest BCUT2D eigenvalue weighted by molar-refractivity contribution is -0.140. The number of Topliss-reactive ketones (excluding diaryl/α,β-unsaturated/α-hetero) is 1. The summed E-state index contributed by atoms with van der Waals surface area (Å²) in [5.41, 5.74) is 3.09. The minimum absolute atomic E-state index is 0.0261. The minimum atomic E-state index is -0.880. The second kappa shape index (κ2) is 10.2. The van der Waals surface area contributed by atoms with Crippen molar-refractivity contribution in [2.45, 2.75) is 19.5 Å². The molecule has 38 heavy (non-hydrogen) atoms. The van der Waals surface area contributed by atoms with E-state index in [2.05, 4.69) is 10.1 Å². The van der Waals surface area contributed by atoms with E-state index in [0.29, 0.717) is 28.3 Å². The van der Waals surface area contributed by atoms with E-state index in [0.717, 1.165) is 11.3 Å². The molecule has 2 aromatic carbocycles. The van der Waals surface area contributed by atoms with Gasteiger partial charge in [-0.05, 0) is 48.4 Å². The number of para-hydroxylation sites is 1. The first-order valence-corrected chi connectivity index (χ1v) is 11.9. The summed E-state index contributed by atoms with van der Waals surface area (Å²) in [5.74, 6) is -0.858. The van der Waals surface area contributed by atoms with E-state index in [-0.39, 0.29) is 17.9 Å². The van der Waals surface area contributed by atoms with Crippen LogP contribution in [0.2, 0.25) is 0 Å². The highest BCUT2D eigenvalue weighted by atomic mass is 16.5. The van der Waals surface area contributed by atoms with E-state index < -0.39 is 17.7 Å². The average Bonchev–Trinajstić information content (AvgIpc) is 3.46. The first kappa shape index (κ1) is 24.8. The molecule has 5 rings (SSSR count). The van der Waals surface area contributed by atoms with Crippen LogP contribution in [-0.2, 0) is 16.1 Å². The number of nitrogens with zero attached hydrogens (tertiary/aromatic N) is 4. The fraction of sp³-hybridized carbons (Fsp3) is 0.172. The van der Waals surface area contributed by atoms with Crippen LogP contribution in [-0.4, -0.2) is 50.7 Å². The summed E-state index contributed by atoms with van der Waals surface area (Å²) in [6.45, 7) is 1.92. The third-order valence-electron chi connectivity index (χ3n) is 6.60. The van der Waals surface area contributed by atoms with Gasteiger partial charge in [-0.25, -0.2) is 4.68 Å². The van der Waals surface area contributed by atoms with Crippen LogP contribution in [0.1, 0.15) is 28.4 Å². The van der Waals surface area contributed by atoms with Gasteiger partial charge >= 0.3 is 0 Å². The number of carbonyl (C=O) groups is 2. The zero-order valence-electron chi connectivity index (χ0n) is 21.2. The summed E-state index contributed by atoms with van der Waals surface area (Å²) in [6.07, 6.45) is 4.77. The number of methoxy groups -OCH3 is 2. The third-order valence-corrected chi connectivity index (χ3v) is 6.60. The van der Waals surface area contributed by atoms with E-state index in [1.165, 1.54) is 25.3 Å². The first-order valence-electron chi connectivity index (χ1n) is 11.9. The summed E-state index contributed by atoms with van der Waals surface area (Å²) in [4.78, 5) is 32.4. The SMILES string of the molecule is COc1ccc(C2/C(=C(\O)c3cnn(-c4ccccc4)c3C)C(=O)C(=O)N2Cc2cccnc2)cc1OC. The first-order chi connectivity index (χ1) is 18.4. The van der Waals surface area contributed by atoms with E-state index in [4.69, 9.17) is 9.47 Å². The monoisotopic (exact) mass is 510 g/mol. The molecule has 1 aliphatic heterocycles. The molecule has 0 spiro atoms. The second-order valence-corrected chi connectivity index (χ2v) is 8.79. The highest BCUT2D eigenvalue weighted by Gasteiger charge is 2.46. The van der Waals surface area contributed by atoms with Crippen molar-refractivity contribution in [3.8, 4) is 17.2 Å². The molecule has 1 saturated heterocycles. The van der Waals surface area contributed by atoms with Gasteiger partial charge in [0.2, 0.25) is 0 Å². The van der Waals surface area contributed by atoms with Crippen molar-refractivity contribution in [3.63, 3.8) is 0 Å². The number of likely N-dealkylation sites (tertiary alicyclic amines) is 1. The largest absolute Gasteiger partial charge is 0.507 e. The summed E-state index contributed by atoms with van der Waals surface area (Å²) >= 11 is 0.